The minimum absolute atomic E-state index is 0.0961. The molecule has 1 atom stereocenters. The van der Waals surface area contributed by atoms with Crippen LogP contribution in [0.1, 0.15) is 30.5 Å². The van der Waals surface area contributed by atoms with Crippen LogP contribution in [-0.4, -0.2) is 31.3 Å². The number of rotatable bonds is 4. The van der Waals surface area contributed by atoms with Gasteiger partial charge in [-0.15, -0.1) is 0 Å². The third-order valence-electron chi connectivity index (χ3n) is 3.28. The van der Waals surface area contributed by atoms with Crippen molar-refractivity contribution in [1.82, 2.24) is 5.32 Å². The first kappa shape index (κ1) is 13.7. The number of ether oxygens (including phenoxy) is 2. The van der Waals surface area contributed by atoms with Crippen LogP contribution in [0.2, 0.25) is 0 Å². The molecule has 0 aliphatic carbocycles. The van der Waals surface area contributed by atoms with Gasteiger partial charge in [-0.1, -0.05) is 0 Å². The van der Waals surface area contributed by atoms with Crippen molar-refractivity contribution in [2.75, 3.05) is 20.3 Å². The molecule has 5 nitrogen and oxygen atoms in total. The van der Waals surface area contributed by atoms with Gasteiger partial charge in [-0.2, -0.15) is 0 Å². The lowest BCUT2D eigenvalue weighted by Gasteiger charge is -2.27. The minimum Gasteiger partial charge on any atom is -0.504 e. The second-order valence-corrected chi connectivity index (χ2v) is 4.49. The average Bonchev–Trinajstić information content (AvgIpc) is 2.39. The van der Waals surface area contributed by atoms with Crippen molar-refractivity contribution in [2.45, 2.75) is 25.8 Å². The maximum Gasteiger partial charge on any atom is 0.307 e. The van der Waals surface area contributed by atoms with Crippen molar-refractivity contribution in [3.05, 3.63) is 23.3 Å². The molecule has 0 aromatic heterocycles. The van der Waals surface area contributed by atoms with Gasteiger partial charge in [0.1, 0.15) is 0 Å². The van der Waals surface area contributed by atoms with Crippen molar-refractivity contribution in [1.29, 1.82) is 0 Å². The second-order valence-electron chi connectivity index (χ2n) is 4.49. The zero-order valence-electron chi connectivity index (χ0n) is 11.2. The van der Waals surface area contributed by atoms with Gasteiger partial charge in [-0.3, -0.25) is 4.79 Å². The lowest BCUT2D eigenvalue weighted by molar-refractivity contribution is -0.143. The zero-order valence-corrected chi connectivity index (χ0v) is 11.2. The van der Waals surface area contributed by atoms with Gasteiger partial charge in [-0.25, -0.2) is 0 Å². The van der Waals surface area contributed by atoms with Crippen molar-refractivity contribution in [3.8, 4) is 11.5 Å². The van der Waals surface area contributed by atoms with Crippen LogP contribution in [0.15, 0.2) is 12.1 Å². The number of esters is 1. The van der Waals surface area contributed by atoms with Crippen molar-refractivity contribution >= 4 is 5.97 Å². The van der Waals surface area contributed by atoms with Gasteiger partial charge in [0, 0.05) is 6.04 Å². The van der Waals surface area contributed by atoms with Crippen molar-refractivity contribution in [2.24, 2.45) is 0 Å². The van der Waals surface area contributed by atoms with Crippen LogP contribution in [0, 0.1) is 0 Å². The SMILES string of the molecule is CCOC(=O)C[C@@H]1NCCc2cc(OC)c(O)cc21. The maximum absolute atomic E-state index is 11.6. The van der Waals surface area contributed by atoms with Crippen LogP contribution in [0.5, 0.6) is 11.5 Å². The largest absolute Gasteiger partial charge is 0.504 e. The molecule has 5 heteroatoms. The smallest absolute Gasteiger partial charge is 0.307 e. The lowest BCUT2D eigenvalue weighted by atomic mass is 9.92. The Bertz CT molecular complexity index is 473. The molecule has 1 heterocycles. The monoisotopic (exact) mass is 265 g/mol. The Morgan fingerprint density at radius 1 is 1.53 bits per heavy atom. The highest BCUT2D eigenvalue weighted by atomic mass is 16.5. The number of hydrogen-bond acceptors (Lipinski definition) is 5. The Morgan fingerprint density at radius 3 is 3.00 bits per heavy atom. The number of carbonyl (C=O) groups excluding carboxylic acids is 1. The standard InChI is InChI=1S/C14H19NO4/c1-3-19-14(17)8-11-10-7-12(16)13(18-2)6-9(10)4-5-15-11/h6-7,11,15-16H,3-5,8H2,1-2H3/t11-/m0/s1. The minimum atomic E-state index is -0.233. The molecule has 0 amide bonds. The Morgan fingerprint density at radius 2 is 2.32 bits per heavy atom. The third-order valence-corrected chi connectivity index (χ3v) is 3.28. The number of nitrogens with one attached hydrogen (secondary N) is 1. The van der Waals surface area contributed by atoms with Crippen LogP contribution >= 0.6 is 0 Å². The quantitative estimate of drug-likeness (QED) is 0.808. The van der Waals surface area contributed by atoms with Gasteiger partial charge in [0.05, 0.1) is 20.1 Å². The fourth-order valence-corrected chi connectivity index (χ4v) is 2.39. The maximum atomic E-state index is 11.6. The molecule has 0 unspecified atom stereocenters. The normalized spacial score (nSPS) is 17.7. The van der Waals surface area contributed by atoms with Crippen LogP contribution < -0.4 is 10.1 Å². The van der Waals surface area contributed by atoms with E-state index in [4.69, 9.17) is 9.47 Å². The molecule has 0 fully saturated rings. The van der Waals surface area contributed by atoms with Crippen LogP contribution in [0.3, 0.4) is 0 Å². The molecule has 19 heavy (non-hydrogen) atoms. The van der Waals surface area contributed by atoms with Gasteiger partial charge in [0.15, 0.2) is 11.5 Å². The summed E-state index contributed by atoms with van der Waals surface area (Å²) in [6.07, 6.45) is 1.12. The van der Waals surface area contributed by atoms with E-state index in [0.29, 0.717) is 12.4 Å². The first-order valence-corrected chi connectivity index (χ1v) is 6.44. The van der Waals surface area contributed by atoms with Crippen LogP contribution in [0.4, 0.5) is 0 Å². The molecule has 104 valence electrons. The molecule has 1 aromatic rings. The second kappa shape index (κ2) is 5.93. The fraction of sp³-hybridized carbons (Fsp3) is 0.500. The molecule has 1 aromatic carbocycles. The molecule has 1 aliphatic rings. The van der Waals surface area contributed by atoms with Crippen LogP contribution in [0.25, 0.3) is 0 Å². The van der Waals surface area contributed by atoms with Gasteiger partial charge in [0.2, 0.25) is 0 Å². The van der Waals surface area contributed by atoms with Gasteiger partial charge < -0.3 is 19.9 Å². The predicted molar refractivity (Wildman–Crippen MR) is 70.4 cm³/mol. The highest BCUT2D eigenvalue weighted by Gasteiger charge is 2.24. The number of phenols is 1. The molecule has 0 spiro atoms. The lowest BCUT2D eigenvalue weighted by Crippen LogP contribution is -2.31. The molecule has 0 saturated heterocycles. The Hall–Kier alpha value is -1.75. The van der Waals surface area contributed by atoms with E-state index < -0.39 is 0 Å². The number of hydrogen-bond donors (Lipinski definition) is 2. The molecule has 2 rings (SSSR count). The van der Waals surface area contributed by atoms with E-state index in [-0.39, 0.29) is 24.2 Å². The summed E-state index contributed by atoms with van der Waals surface area (Å²) in [6.45, 7) is 2.97. The molecular weight excluding hydrogens is 246 g/mol. The van der Waals surface area contributed by atoms with E-state index in [9.17, 15) is 9.90 Å². The number of phenolic OH excluding ortho intramolecular Hbond substituents is 1. The molecule has 1 aliphatic heterocycles. The number of methoxy groups -OCH3 is 1. The highest BCUT2D eigenvalue weighted by molar-refractivity contribution is 5.70. The Labute approximate surface area is 112 Å². The summed E-state index contributed by atoms with van der Waals surface area (Å²) in [7, 11) is 1.53. The molecule has 0 bridgehead atoms. The van der Waals surface area contributed by atoms with E-state index in [0.717, 1.165) is 24.1 Å². The number of carbonyl (C=O) groups is 1. The van der Waals surface area contributed by atoms with E-state index in [1.165, 1.54) is 7.11 Å². The zero-order chi connectivity index (χ0) is 13.8. The number of fused-ring (bicyclic) bond motifs is 1. The van der Waals surface area contributed by atoms with E-state index in [1.54, 1.807) is 13.0 Å². The van der Waals surface area contributed by atoms with E-state index in [1.807, 2.05) is 6.07 Å². The first-order chi connectivity index (χ1) is 9.15. The topological polar surface area (TPSA) is 67.8 Å². The van der Waals surface area contributed by atoms with Crippen LogP contribution in [-0.2, 0) is 16.0 Å². The van der Waals surface area contributed by atoms with E-state index >= 15 is 0 Å². The van der Waals surface area contributed by atoms with E-state index in [2.05, 4.69) is 5.32 Å². The van der Waals surface area contributed by atoms with Gasteiger partial charge in [0.25, 0.3) is 0 Å². The number of benzene rings is 1. The summed E-state index contributed by atoms with van der Waals surface area (Å²) < 4.78 is 10.1. The summed E-state index contributed by atoms with van der Waals surface area (Å²) in [5.74, 6) is 0.331. The summed E-state index contributed by atoms with van der Waals surface area (Å²) >= 11 is 0. The number of aromatic hydroxyl groups is 1. The Balaban J connectivity index is 2.23. The average molecular weight is 265 g/mol. The van der Waals surface area contributed by atoms with Gasteiger partial charge in [-0.05, 0) is 43.1 Å². The first-order valence-electron chi connectivity index (χ1n) is 6.44. The predicted octanol–water partition coefficient (Wildman–Crippen LogP) is 1.54. The summed E-state index contributed by atoms with van der Waals surface area (Å²) in [6, 6.07) is 3.40. The molecular formula is C14H19NO4. The van der Waals surface area contributed by atoms with Crippen molar-refractivity contribution in [3.63, 3.8) is 0 Å². The summed E-state index contributed by atoms with van der Waals surface area (Å²) in [4.78, 5) is 11.6. The molecule has 0 radical (unpaired) electrons. The summed E-state index contributed by atoms with van der Waals surface area (Å²) in [5, 5.41) is 13.1. The van der Waals surface area contributed by atoms with Gasteiger partial charge >= 0.3 is 5.97 Å². The van der Waals surface area contributed by atoms with Crippen molar-refractivity contribution < 1.29 is 19.4 Å². The molecule has 0 saturated carbocycles. The fourth-order valence-electron chi connectivity index (χ4n) is 2.39. The third kappa shape index (κ3) is 2.98. The highest BCUT2D eigenvalue weighted by Crippen LogP contribution is 2.35. The molecule has 2 N–H and O–H groups in total. The Kier molecular flexibility index (Phi) is 4.27. The summed E-state index contributed by atoms with van der Waals surface area (Å²) in [5.41, 5.74) is 2.04.